The average molecular weight is 240 g/mol. The van der Waals surface area contributed by atoms with E-state index in [1.165, 1.54) is 22.3 Å². The van der Waals surface area contributed by atoms with Crippen LogP contribution in [0, 0.1) is 13.8 Å². The van der Waals surface area contributed by atoms with Gasteiger partial charge in [0.15, 0.2) is 0 Å². The van der Waals surface area contributed by atoms with E-state index in [1.807, 2.05) is 19.2 Å². The summed E-state index contributed by atoms with van der Waals surface area (Å²) in [6.45, 7) is 4.28. The van der Waals surface area contributed by atoms with Crippen LogP contribution in [0.4, 0.5) is 5.69 Å². The van der Waals surface area contributed by atoms with E-state index >= 15 is 0 Å². The van der Waals surface area contributed by atoms with Crippen molar-refractivity contribution in [1.82, 2.24) is 5.32 Å². The SMILES string of the molecule is CNC(c1ccc(N)cc1)c1ccc(C)c(C)c1. The first-order valence-corrected chi connectivity index (χ1v) is 6.21. The van der Waals surface area contributed by atoms with Gasteiger partial charge in [-0.2, -0.15) is 0 Å². The van der Waals surface area contributed by atoms with Gasteiger partial charge in [0.05, 0.1) is 6.04 Å². The molecule has 0 fully saturated rings. The molecule has 0 saturated carbocycles. The largest absolute Gasteiger partial charge is 0.399 e. The van der Waals surface area contributed by atoms with Gasteiger partial charge in [-0.25, -0.2) is 0 Å². The third-order valence-corrected chi connectivity index (χ3v) is 3.42. The number of hydrogen-bond donors (Lipinski definition) is 2. The number of nitrogen functional groups attached to an aromatic ring is 1. The molecular weight excluding hydrogens is 220 g/mol. The lowest BCUT2D eigenvalue weighted by Gasteiger charge is -2.18. The summed E-state index contributed by atoms with van der Waals surface area (Å²) in [5, 5.41) is 3.36. The molecule has 0 aliphatic heterocycles. The smallest absolute Gasteiger partial charge is 0.0574 e. The molecule has 3 N–H and O–H groups in total. The Morgan fingerprint density at radius 1 is 0.889 bits per heavy atom. The maximum atomic E-state index is 5.73. The Balaban J connectivity index is 2.38. The molecule has 0 bridgehead atoms. The molecule has 0 aliphatic rings. The number of rotatable bonds is 3. The third-order valence-electron chi connectivity index (χ3n) is 3.42. The normalized spacial score (nSPS) is 12.4. The summed E-state index contributed by atoms with van der Waals surface area (Å²) in [4.78, 5) is 0. The van der Waals surface area contributed by atoms with Crippen LogP contribution < -0.4 is 11.1 Å². The van der Waals surface area contributed by atoms with Crippen LogP contribution in [0.2, 0.25) is 0 Å². The van der Waals surface area contributed by atoms with Gasteiger partial charge in [0.1, 0.15) is 0 Å². The molecule has 1 atom stereocenters. The summed E-state index contributed by atoms with van der Waals surface area (Å²) in [6.07, 6.45) is 0. The van der Waals surface area contributed by atoms with Crippen molar-refractivity contribution in [1.29, 1.82) is 0 Å². The Labute approximate surface area is 109 Å². The summed E-state index contributed by atoms with van der Waals surface area (Å²) >= 11 is 0. The molecule has 0 heterocycles. The lowest BCUT2D eigenvalue weighted by molar-refractivity contribution is 0.691. The Hall–Kier alpha value is -1.80. The van der Waals surface area contributed by atoms with Crippen molar-refractivity contribution in [2.45, 2.75) is 19.9 Å². The summed E-state index contributed by atoms with van der Waals surface area (Å²) in [5.74, 6) is 0. The molecule has 0 saturated heterocycles. The van der Waals surface area contributed by atoms with Gasteiger partial charge in [0.2, 0.25) is 0 Å². The highest BCUT2D eigenvalue weighted by molar-refractivity contribution is 5.43. The van der Waals surface area contributed by atoms with E-state index in [1.54, 1.807) is 0 Å². The monoisotopic (exact) mass is 240 g/mol. The fourth-order valence-corrected chi connectivity index (χ4v) is 2.16. The van der Waals surface area contributed by atoms with Crippen molar-refractivity contribution >= 4 is 5.69 Å². The Kier molecular flexibility index (Phi) is 3.68. The second-order valence-electron chi connectivity index (χ2n) is 4.73. The highest BCUT2D eigenvalue weighted by Gasteiger charge is 2.12. The number of nitrogens with two attached hydrogens (primary N) is 1. The van der Waals surface area contributed by atoms with Crippen LogP contribution in [0.15, 0.2) is 42.5 Å². The van der Waals surface area contributed by atoms with Gasteiger partial charge in [-0.1, -0.05) is 30.3 Å². The molecule has 2 rings (SSSR count). The predicted octanol–water partition coefficient (Wildman–Crippen LogP) is 3.19. The van der Waals surface area contributed by atoms with Gasteiger partial charge in [-0.05, 0) is 55.3 Å². The number of anilines is 1. The molecule has 0 aliphatic carbocycles. The van der Waals surface area contributed by atoms with Crippen molar-refractivity contribution in [2.75, 3.05) is 12.8 Å². The first-order chi connectivity index (χ1) is 8.61. The van der Waals surface area contributed by atoms with E-state index in [2.05, 4.69) is 49.5 Å². The fourth-order valence-electron chi connectivity index (χ4n) is 2.16. The highest BCUT2D eigenvalue weighted by atomic mass is 14.9. The Morgan fingerprint density at radius 3 is 2.06 bits per heavy atom. The van der Waals surface area contributed by atoms with Gasteiger partial charge in [0, 0.05) is 5.69 Å². The Morgan fingerprint density at radius 2 is 1.50 bits per heavy atom. The van der Waals surface area contributed by atoms with Crippen molar-refractivity contribution in [2.24, 2.45) is 0 Å². The fraction of sp³-hybridized carbons (Fsp3) is 0.250. The highest BCUT2D eigenvalue weighted by Crippen LogP contribution is 2.24. The van der Waals surface area contributed by atoms with Crippen molar-refractivity contribution in [3.63, 3.8) is 0 Å². The zero-order chi connectivity index (χ0) is 13.1. The maximum absolute atomic E-state index is 5.73. The van der Waals surface area contributed by atoms with Crippen LogP contribution in [-0.2, 0) is 0 Å². The molecule has 2 nitrogen and oxygen atoms in total. The molecular formula is C16H20N2. The quantitative estimate of drug-likeness (QED) is 0.809. The van der Waals surface area contributed by atoms with Gasteiger partial charge in [0.25, 0.3) is 0 Å². The number of aryl methyl sites for hydroxylation is 2. The van der Waals surface area contributed by atoms with Gasteiger partial charge < -0.3 is 11.1 Å². The lowest BCUT2D eigenvalue weighted by atomic mass is 9.95. The zero-order valence-electron chi connectivity index (χ0n) is 11.2. The molecule has 0 amide bonds. The number of nitrogens with one attached hydrogen (secondary N) is 1. The van der Waals surface area contributed by atoms with Crippen LogP contribution in [0.5, 0.6) is 0 Å². The second-order valence-corrected chi connectivity index (χ2v) is 4.73. The van der Waals surface area contributed by atoms with Gasteiger partial charge >= 0.3 is 0 Å². The molecule has 18 heavy (non-hydrogen) atoms. The number of hydrogen-bond acceptors (Lipinski definition) is 2. The van der Waals surface area contributed by atoms with Crippen LogP contribution in [0.25, 0.3) is 0 Å². The first-order valence-electron chi connectivity index (χ1n) is 6.21. The average Bonchev–Trinajstić information content (AvgIpc) is 2.37. The van der Waals surface area contributed by atoms with Crippen molar-refractivity contribution in [3.05, 3.63) is 64.7 Å². The van der Waals surface area contributed by atoms with Crippen LogP contribution >= 0.6 is 0 Å². The second kappa shape index (κ2) is 5.23. The van der Waals surface area contributed by atoms with Crippen molar-refractivity contribution in [3.8, 4) is 0 Å². The summed E-state index contributed by atoms with van der Waals surface area (Å²) < 4.78 is 0. The van der Waals surface area contributed by atoms with Crippen LogP contribution in [-0.4, -0.2) is 7.05 Å². The van der Waals surface area contributed by atoms with E-state index in [0.29, 0.717) is 0 Å². The third kappa shape index (κ3) is 2.54. The molecule has 0 radical (unpaired) electrons. The molecule has 2 aromatic rings. The van der Waals surface area contributed by atoms with Gasteiger partial charge in [-0.15, -0.1) is 0 Å². The van der Waals surface area contributed by atoms with Crippen LogP contribution in [0.1, 0.15) is 28.3 Å². The topological polar surface area (TPSA) is 38.0 Å². The minimum absolute atomic E-state index is 0.213. The van der Waals surface area contributed by atoms with E-state index in [4.69, 9.17) is 5.73 Å². The number of benzene rings is 2. The molecule has 2 aromatic carbocycles. The predicted molar refractivity (Wildman–Crippen MR) is 77.7 cm³/mol. The molecule has 94 valence electrons. The van der Waals surface area contributed by atoms with E-state index in [9.17, 15) is 0 Å². The molecule has 0 spiro atoms. The molecule has 2 heteroatoms. The van der Waals surface area contributed by atoms with E-state index in [-0.39, 0.29) is 6.04 Å². The van der Waals surface area contributed by atoms with E-state index in [0.717, 1.165) is 5.69 Å². The first kappa shape index (κ1) is 12.7. The summed E-state index contributed by atoms with van der Waals surface area (Å²) in [5.41, 5.74) is 11.7. The minimum atomic E-state index is 0.213. The minimum Gasteiger partial charge on any atom is -0.399 e. The van der Waals surface area contributed by atoms with Crippen LogP contribution in [0.3, 0.4) is 0 Å². The summed E-state index contributed by atoms with van der Waals surface area (Å²) in [6, 6.07) is 14.8. The van der Waals surface area contributed by atoms with Crippen molar-refractivity contribution < 1.29 is 0 Å². The lowest BCUT2D eigenvalue weighted by Crippen LogP contribution is -2.17. The molecule has 0 aromatic heterocycles. The van der Waals surface area contributed by atoms with Gasteiger partial charge in [-0.3, -0.25) is 0 Å². The maximum Gasteiger partial charge on any atom is 0.0574 e. The van der Waals surface area contributed by atoms with E-state index < -0.39 is 0 Å². The standard InChI is InChI=1S/C16H20N2/c1-11-4-5-14(10-12(11)2)16(18-3)13-6-8-15(17)9-7-13/h4-10,16,18H,17H2,1-3H3. The molecule has 1 unspecified atom stereocenters. The Bertz CT molecular complexity index is 529. The summed E-state index contributed by atoms with van der Waals surface area (Å²) in [7, 11) is 1.98. The zero-order valence-corrected chi connectivity index (χ0v) is 11.2.